The van der Waals surface area contributed by atoms with Crippen molar-refractivity contribution in [2.45, 2.75) is 13.8 Å². The van der Waals surface area contributed by atoms with E-state index in [-0.39, 0.29) is 5.91 Å². The largest absolute Gasteiger partial charge is 0.326 e. The number of anilines is 1. The van der Waals surface area contributed by atoms with Crippen LogP contribution in [0.5, 0.6) is 0 Å². The number of pyridine rings is 1. The summed E-state index contributed by atoms with van der Waals surface area (Å²) in [6, 6.07) is 7.69. The second-order valence-electron chi connectivity index (χ2n) is 3.51. The topological polar surface area (TPSA) is 42.0 Å². The van der Waals surface area contributed by atoms with Crippen LogP contribution in [0.1, 0.15) is 12.5 Å². The number of benzene rings is 1. The van der Waals surface area contributed by atoms with Gasteiger partial charge in [0.15, 0.2) is 0 Å². The summed E-state index contributed by atoms with van der Waals surface area (Å²) in [5.74, 6) is -0.0657. The van der Waals surface area contributed by atoms with E-state index >= 15 is 0 Å². The van der Waals surface area contributed by atoms with Crippen LogP contribution in [0.3, 0.4) is 0 Å². The molecule has 0 saturated heterocycles. The van der Waals surface area contributed by atoms with E-state index in [9.17, 15) is 4.79 Å². The number of nitrogens with one attached hydrogen (secondary N) is 1. The molecule has 0 spiro atoms. The molecule has 1 aromatic heterocycles. The molecule has 3 heteroatoms. The highest BCUT2D eigenvalue weighted by molar-refractivity contribution is 6.01. The second-order valence-corrected chi connectivity index (χ2v) is 3.51. The molecule has 2 aromatic rings. The minimum absolute atomic E-state index is 0.0657. The Bertz CT molecular complexity index is 520. The first-order chi connectivity index (χ1) is 7.18. The zero-order valence-corrected chi connectivity index (χ0v) is 8.74. The van der Waals surface area contributed by atoms with Crippen LogP contribution in [0, 0.1) is 6.92 Å². The highest BCUT2D eigenvalue weighted by atomic mass is 16.1. The van der Waals surface area contributed by atoms with Gasteiger partial charge in [-0.2, -0.15) is 0 Å². The summed E-state index contributed by atoms with van der Waals surface area (Å²) in [6.45, 7) is 3.51. The minimum Gasteiger partial charge on any atom is -0.326 e. The van der Waals surface area contributed by atoms with Gasteiger partial charge >= 0.3 is 0 Å². The van der Waals surface area contributed by atoms with Gasteiger partial charge < -0.3 is 5.32 Å². The third-order valence-corrected chi connectivity index (χ3v) is 2.28. The normalized spacial score (nSPS) is 10.3. The Morgan fingerprint density at radius 3 is 2.87 bits per heavy atom. The molecule has 1 amide bonds. The molecule has 0 aliphatic heterocycles. The molecule has 1 heterocycles. The number of carbonyl (C=O) groups excluding carboxylic acids is 1. The number of rotatable bonds is 1. The Hall–Kier alpha value is -1.90. The quantitative estimate of drug-likeness (QED) is 0.768. The summed E-state index contributed by atoms with van der Waals surface area (Å²) in [6.07, 6.45) is 1.76. The first-order valence-corrected chi connectivity index (χ1v) is 4.80. The van der Waals surface area contributed by atoms with E-state index in [0.717, 1.165) is 22.2 Å². The Balaban J connectivity index is 2.66. The van der Waals surface area contributed by atoms with Crippen molar-refractivity contribution in [3.05, 3.63) is 36.0 Å². The Morgan fingerprint density at radius 1 is 1.33 bits per heavy atom. The highest BCUT2D eigenvalue weighted by Gasteiger charge is 2.04. The molecule has 0 unspecified atom stereocenters. The lowest BCUT2D eigenvalue weighted by atomic mass is 10.1. The number of amides is 1. The molecule has 0 fully saturated rings. The number of aromatic nitrogens is 1. The molecule has 0 aliphatic carbocycles. The van der Waals surface area contributed by atoms with Crippen LogP contribution in [0.25, 0.3) is 10.9 Å². The summed E-state index contributed by atoms with van der Waals surface area (Å²) in [5, 5.41) is 3.78. The van der Waals surface area contributed by atoms with Gasteiger partial charge in [0, 0.05) is 18.5 Å². The number of hydrogen-bond donors (Lipinski definition) is 1. The predicted octanol–water partition coefficient (Wildman–Crippen LogP) is 2.50. The van der Waals surface area contributed by atoms with Gasteiger partial charge in [0.25, 0.3) is 0 Å². The molecule has 15 heavy (non-hydrogen) atoms. The molecular formula is C12H12N2O. The number of aryl methyl sites for hydroxylation is 1. The Labute approximate surface area is 88.1 Å². The highest BCUT2D eigenvalue weighted by Crippen LogP contribution is 2.24. The fraction of sp³-hybridized carbons (Fsp3) is 0.167. The third kappa shape index (κ3) is 1.81. The summed E-state index contributed by atoms with van der Waals surface area (Å²) in [4.78, 5) is 15.3. The number of nitrogens with zero attached hydrogens (tertiary/aromatic N) is 1. The molecular weight excluding hydrogens is 188 g/mol. The molecule has 3 nitrogen and oxygen atoms in total. The van der Waals surface area contributed by atoms with Gasteiger partial charge in [-0.1, -0.05) is 6.07 Å². The molecule has 0 radical (unpaired) electrons. The smallest absolute Gasteiger partial charge is 0.221 e. The lowest BCUT2D eigenvalue weighted by molar-refractivity contribution is -0.114. The van der Waals surface area contributed by atoms with Crippen molar-refractivity contribution in [3.8, 4) is 0 Å². The lowest BCUT2D eigenvalue weighted by Gasteiger charge is -2.07. The maximum atomic E-state index is 11.0. The van der Waals surface area contributed by atoms with Crippen LogP contribution in [0.4, 0.5) is 5.69 Å². The number of carbonyl (C=O) groups is 1. The van der Waals surface area contributed by atoms with E-state index in [2.05, 4.69) is 10.3 Å². The fourth-order valence-corrected chi connectivity index (χ4v) is 1.61. The standard InChI is InChI=1S/C12H12N2O/c1-8-5-6-11(14-9(2)15)10-4-3-7-13-12(8)10/h3-7H,1-2H3,(H,14,15). The van der Waals surface area contributed by atoms with E-state index in [1.165, 1.54) is 6.92 Å². The molecule has 1 aromatic carbocycles. The van der Waals surface area contributed by atoms with Gasteiger partial charge in [-0.3, -0.25) is 9.78 Å². The van der Waals surface area contributed by atoms with Crippen molar-refractivity contribution in [3.63, 3.8) is 0 Å². The maximum Gasteiger partial charge on any atom is 0.221 e. The summed E-state index contributed by atoms with van der Waals surface area (Å²) >= 11 is 0. The Kier molecular flexibility index (Phi) is 2.37. The summed E-state index contributed by atoms with van der Waals surface area (Å²) in [7, 11) is 0. The van der Waals surface area contributed by atoms with Gasteiger partial charge in [0.1, 0.15) is 0 Å². The summed E-state index contributed by atoms with van der Waals surface area (Å²) in [5.41, 5.74) is 2.86. The van der Waals surface area contributed by atoms with Crippen molar-refractivity contribution in [1.82, 2.24) is 4.98 Å². The van der Waals surface area contributed by atoms with Crippen LogP contribution < -0.4 is 5.32 Å². The fourth-order valence-electron chi connectivity index (χ4n) is 1.61. The molecule has 76 valence electrons. The molecule has 2 rings (SSSR count). The van der Waals surface area contributed by atoms with Crippen molar-refractivity contribution in [1.29, 1.82) is 0 Å². The van der Waals surface area contributed by atoms with E-state index in [1.807, 2.05) is 31.2 Å². The zero-order chi connectivity index (χ0) is 10.8. The zero-order valence-electron chi connectivity index (χ0n) is 8.74. The van der Waals surface area contributed by atoms with E-state index < -0.39 is 0 Å². The summed E-state index contributed by atoms with van der Waals surface area (Å²) < 4.78 is 0. The van der Waals surface area contributed by atoms with Crippen LogP contribution in [-0.2, 0) is 4.79 Å². The average Bonchev–Trinajstić information content (AvgIpc) is 2.22. The lowest BCUT2D eigenvalue weighted by Crippen LogP contribution is -2.06. The number of fused-ring (bicyclic) bond motifs is 1. The number of hydrogen-bond acceptors (Lipinski definition) is 2. The van der Waals surface area contributed by atoms with Crippen molar-refractivity contribution in [2.24, 2.45) is 0 Å². The maximum absolute atomic E-state index is 11.0. The average molecular weight is 200 g/mol. The van der Waals surface area contributed by atoms with Gasteiger partial charge in [-0.25, -0.2) is 0 Å². The van der Waals surface area contributed by atoms with Crippen molar-refractivity contribution >= 4 is 22.5 Å². The van der Waals surface area contributed by atoms with Crippen molar-refractivity contribution in [2.75, 3.05) is 5.32 Å². The first-order valence-electron chi connectivity index (χ1n) is 4.80. The van der Waals surface area contributed by atoms with Crippen LogP contribution in [-0.4, -0.2) is 10.9 Å². The van der Waals surface area contributed by atoms with E-state index in [4.69, 9.17) is 0 Å². The second kappa shape index (κ2) is 3.69. The van der Waals surface area contributed by atoms with Gasteiger partial charge in [-0.15, -0.1) is 0 Å². The monoisotopic (exact) mass is 200 g/mol. The van der Waals surface area contributed by atoms with E-state index in [0.29, 0.717) is 0 Å². The molecule has 1 N–H and O–H groups in total. The Morgan fingerprint density at radius 2 is 2.13 bits per heavy atom. The van der Waals surface area contributed by atoms with Gasteiger partial charge in [-0.05, 0) is 30.7 Å². The molecule has 0 atom stereocenters. The molecule has 0 aliphatic rings. The third-order valence-electron chi connectivity index (χ3n) is 2.28. The molecule has 0 saturated carbocycles. The minimum atomic E-state index is -0.0657. The van der Waals surface area contributed by atoms with Crippen LogP contribution in [0.2, 0.25) is 0 Å². The van der Waals surface area contributed by atoms with Crippen LogP contribution in [0.15, 0.2) is 30.5 Å². The van der Waals surface area contributed by atoms with E-state index in [1.54, 1.807) is 6.20 Å². The van der Waals surface area contributed by atoms with Gasteiger partial charge in [0.05, 0.1) is 11.2 Å². The van der Waals surface area contributed by atoms with Gasteiger partial charge in [0.2, 0.25) is 5.91 Å². The van der Waals surface area contributed by atoms with Crippen molar-refractivity contribution < 1.29 is 4.79 Å². The SMILES string of the molecule is CC(=O)Nc1ccc(C)c2ncccc12. The van der Waals surface area contributed by atoms with Crippen LogP contribution >= 0.6 is 0 Å². The molecule has 0 bridgehead atoms. The first kappa shape index (κ1) is 9.65. The predicted molar refractivity (Wildman–Crippen MR) is 60.8 cm³/mol.